The Kier molecular flexibility index (Phi) is 4.93. The first kappa shape index (κ1) is 19.0. The van der Waals surface area contributed by atoms with E-state index in [9.17, 15) is 4.79 Å². The number of thiazole rings is 1. The summed E-state index contributed by atoms with van der Waals surface area (Å²) in [7, 11) is 0. The zero-order valence-electron chi connectivity index (χ0n) is 16.5. The van der Waals surface area contributed by atoms with Crippen LogP contribution in [-0.2, 0) is 4.79 Å². The standard InChI is InChI=1S/C22H17N7OS/c1-14-20(27-26-19-12-17(24-25-19)15-8-4-2-5-9-15)21(30)29(28-14)22-23-18(13-31-22)16-10-6-3-7-11-16/h2-13,20H,1H3,(H,24,25). The minimum Gasteiger partial charge on any atom is -0.276 e. The van der Waals surface area contributed by atoms with E-state index in [1.807, 2.05) is 66.0 Å². The van der Waals surface area contributed by atoms with Crippen molar-refractivity contribution < 1.29 is 4.79 Å². The SMILES string of the molecule is CC1=NN(c2nc(-c3ccccc3)cs2)C(=O)C1N=Nc1cc(-c2ccccc2)[nH]n1. The maximum atomic E-state index is 12.9. The minimum atomic E-state index is -0.791. The van der Waals surface area contributed by atoms with Crippen LogP contribution in [0.25, 0.3) is 22.5 Å². The lowest BCUT2D eigenvalue weighted by Crippen LogP contribution is -2.29. The molecular formula is C22H17N7OS. The number of hydrazone groups is 1. The highest BCUT2D eigenvalue weighted by atomic mass is 32.1. The number of amides is 1. The van der Waals surface area contributed by atoms with Crippen molar-refractivity contribution in [3.8, 4) is 22.5 Å². The van der Waals surface area contributed by atoms with Crippen molar-refractivity contribution in [1.82, 2.24) is 15.2 Å². The summed E-state index contributed by atoms with van der Waals surface area (Å²) in [5.74, 6) is 0.118. The number of anilines is 1. The highest BCUT2D eigenvalue weighted by Gasteiger charge is 2.36. The molecule has 3 heterocycles. The van der Waals surface area contributed by atoms with Crippen LogP contribution in [0.5, 0.6) is 0 Å². The summed E-state index contributed by atoms with van der Waals surface area (Å²) in [5, 5.41) is 23.5. The molecule has 1 atom stereocenters. The molecule has 1 unspecified atom stereocenters. The minimum absolute atomic E-state index is 0.283. The predicted octanol–water partition coefficient (Wildman–Crippen LogP) is 5.08. The van der Waals surface area contributed by atoms with E-state index in [1.165, 1.54) is 16.3 Å². The fourth-order valence-electron chi connectivity index (χ4n) is 3.17. The van der Waals surface area contributed by atoms with Gasteiger partial charge in [0.25, 0.3) is 5.91 Å². The Morgan fingerprint density at radius 3 is 2.48 bits per heavy atom. The van der Waals surface area contributed by atoms with Crippen molar-refractivity contribution >= 4 is 33.9 Å². The number of hydrogen-bond acceptors (Lipinski definition) is 7. The van der Waals surface area contributed by atoms with E-state index in [4.69, 9.17) is 0 Å². The molecule has 1 N–H and O–H groups in total. The van der Waals surface area contributed by atoms with Crippen LogP contribution in [0.2, 0.25) is 0 Å². The summed E-state index contributed by atoms with van der Waals surface area (Å²) in [4.78, 5) is 17.5. The Bertz CT molecular complexity index is 1280. The molecule has 1 aliphatic heterocycles. The predicted molar refractivity (Wildman–Crippen MR) is 120 cm³/mol. The zero-order chi connectivity index (χ0) is 21.2. The van der Waals surface area contributed by atoms with Gasteiger partial charge in [-0.1, -0.05) is 60.7 Å². The normalized spacial score (nSPS) is 16.3. The van der Waals surface area contributed by atoms with Crippen LogP contribution in [0.3, 0.4) is 0 Å². The molecule has 152 valence electrons. The van der Waals surface area contributed by atoms with Gasteiger partial charge in [-0.05, 0) is 12.5 Å². The molecular weight excluding hydrogens is 410 g/mol. The number of benzene rings is 2. The van der Waals surface area contributed by atoms with Crippen molar-refractivity contribution in [2.45, 2.75) is 13.0 Å². The molecule has 1 aliphatic rings. The van der Waals surface area contributed by atoms with Crippen molar-refractivity contribution in [3.63, 3.8) is 0 Å². The van der Waals surface area contributed by atoms with Gasteiger partial charge in [0, 0.05) is 17.0 Å². The highest BCUT2D eigenvalue weighted by molar-refractivity contribution is 7.14. The van der Waals surface area contributed by atoms with Gasteiger partial charge in [0.2, 0.25) is 5.13 Å². The maximum Gasteiger partial charge on any atom is 0.282 e. The van der Waals surface area contributed by atoms with Crippen LogP contribution < -0.4 is 5.01 Å². The first-order chi connectivity index (χ1) is 15.2. The third kappa shape index (κ3) is 3.78. The van der Waals surface area contributed by atoms with E-state index in [-0.39, 0.29) is 5.91 Å². The second-order valence-electron chi connectivity index (χ2n) is 6.90. The van der Waals surface area contributed by atoms with Crippen molar-refractivity contribution in [3.05, 3.63) is 72.1 Å². The Hall–Kier alpha value is -3.98. The molecule has 4 aromatic rings. The van der Waals surface area contributed by atoms with Gasteiger partial charge in [0.1, 0.15) is 0 Å². The van der Waals surface area contributed by atoms with Gasteiger partial charge in [0.05, 0.1) is 17.1 Å². The van der Waals surface area contributed by atoms with E-state index in [2.05, 4.69) is 30.5 Å². The van der Waals surface area contributed by atoms with Crippen LogP contribution in [0.4, 0.5) is 10.9 Å². The third-order valence-electron chi connectivity index (χ3n) is 4.76. The molecule has 0 spiro atoms. The molecule has 0 saturated carbocycles. The number of nitrogens with one attached hydrogen (secondary N) is 1. The number of aromatic amines is 1. The van der Waals surface area contributed by atoms with Crippen LogP contribution in [0.15, 0.2) is 87.4 Å². The number of azo groups is 1. The van der Waals surface area contributed by atoms with E-state index in [0.717, 1.165) is 22.5 Å². The van der Waals surface area contributed by atoms with Gasteiger partial charge in [-0.25, -0.2) is 4.98 Å². The molecule has 2 aromatic heterocycles. The first-order valence-electron chi connectivity index (χ1n) is 9.61. The Balaban J connectivity index is 1.32. The number of rotatable bonds is 5. The van der Waals surface area contributed by atoms with Gasteiger partial charge in [-0.2, -0.15) is 20.3 Å². The molecule has 0 radical (unpaired) electrons. The topological polar surface area (TPSA) is 99.0 Å². The summed E-state index contributed by atoms with van der Waals surface area (Å²) in [5.41, 5.74) is 4.17. The van der Waals surface area contributed by atoms with E-state index < -0.39 is 6.04 Å². The smallest absolute Gasteiger partial charge is 0.276 e. The van der Waals surface area contributed by atoms with E-state index in [1.54, 1.807) is 13.0 Å². The van der Waals surface area contributed by atoms with Crippen LogP contribution in [-0.4, -0.2) is 32.8 Å². The number of nitrogens with zero attached hydrogens (tertiary/aromatic N) is 6. The Morgan fingerprint density at radius 2 is 1.74 bits per heavy atom. The molecule has 0 saturated heterocycles. The lowest BCUT2D eigenvalue weighted by molar-refractivity contribution is -0.117. The summed E-state index contributed by atoms with van der Waals surface area (Å²) in [6.07, 6.45) is 0. The number of H-pyrrole nitrogens is 1. The Labute approximate surface area is 182 Å². The van der Waals surface area contributed by atoms with Crippen LogP contribution in [0.1, 0.15) is 6.92 Å². The molecule has 31 heavy (non-hydrogen) atoms. The third-order valence-corrected chi connectivity index (χ3v) is 5.58. The second-order valence-corrected chi connectivity index (χ2v) is 7.73. The van der Waals surface area contributed by atoms with Crippen LogP contribution >= 0.6 is 11.3 Å². The number of hydrogen-bond donors (Lipinski definition) is 1. The molecule has 0 aliphatic carbocycles. The van der Waals surface area contributed by atoms with E-state index >= 15 is 0 Å². The van der Waals surface area contributed by atoms with Gasteiger partial charge in [0.15, 0.2) is 11.9 Å². The summed E-state index contributed by atoms with van der Waals surface area (Å²) >= 11 is 1.36. The fourth-order valence-corrected chi connectivity index (χ4v) is 3.96. The zero-order valence-corrected chi connectivity index (χ0v) is 17.3. The summed E-state index contributed by atoms with van der Waals surface area (Å²) < 4.78 is 0. The average molecular weight is 427 g/mol. The second kappa shape index (κ2) is 8.04. The van der Waals surface area contributed by atoms with Gasteiger partial charge in [-0.15, -0.1) is 16.5 Å². The van der Waals surface area contributed by atoms with Crippen molar-refractivity contribution in [2.75, 3.05) is 5.01 Å². The first-order valence-corrected chi connectivity index (χ1v) is 10.5. The highest BCUT2D eigenvalue weighted by Crippen LogP contribution is 2.30. The lowest BCUT2D eigenvalue weighted by atomic mass is 10.2. The molecule has 8 nitrogen and oxygen atoms in total. The van der Waals surface area contributed by atoms with Crippen LogP contribution in [0, 0.1) is 0 Å². The molecule has 0 fully saturated rings. The quantitative estimate of drug-likeness (QED) is 0.450. The largest absolute Gasteiger partial charge is 0.282 e. The molecule has 2 aromatic carbocycles. The van der Waals surface area contributed by atoms with Gasteiger partial charge < -0.3 is 0 Å². The van der Waals surface area contributed by atoms with Gasteiger partial charge in [-0.3, -0.25) is 9.89 Å². The molecule has 1 amide bonds. The maximum absolute atomic E-state index is 12.9. The average Bonchev–Trinajstić information content (AvgIpc) is 3.54. The summed E-state index contributed by atoms with van der Waals surface area (Å²) in [6.45, 7) is 1.76. The van der Waals surface area contributed by atoms with Gasteiger partial charge >= 0.3 is 0 Å². The molecule has 5 rings (SSSR count). The summed E-state index contributed by atoms with van der Waals surface area (Å²) in [6, 6.07) is 20.6. The number of carbonyl (C=O) groups is 1. The van der Waals surface area contributed by atoms with E-state index in [0.29, 0.717) is 16.7 Å². The van der Waals surface area contributed by atoms with Crippen molar-refractivity contribution in [2.24, 2.45) is 15.3 Å². The monoisotopic (exact) mass is 427 g/mol. The number of carbonyl (C=O) groups excluding carboxylic acids is 1. The van der Waals surface area contributed by atoms with Crippen molar-refractivity contribution in [1.29, 1.82) is 0 Å². The number of aromatic nitrogens is 3. The lowest BCUT2D eigenvalue weighted by Gasteiger charge is -2.07. The Morgan fingerprint density at radius 1 is 1.03 bits per heavy atom. The fraction of sp³-hybridized carbons (Fsp3) is 0.0909. The molecule has 0 bridgehead atoms. The molecule has 9 heteroatoms.